The lowest BCUT2D eigenvalue weighted by Gasteiger charge is -2.28. The van der Waals surface area contributed by atoms with E-state index in [9.17, 15) is 0 Å². The van der Waals surface area contributed by atoms with Gasteiger partial charge in [0.25, 0.3) is 0 Å². The van der Waals surface area contributed by atoms with Gasteiger partial charge >= 0.3 is 0 Å². The molecule has 11 heavy (non-hydrogen) atoms. The first-order valence-corrected chi connectivity index (χ1v) is 5.69. The molecule has 1 radical (unpaired) electrons. The highest BCUT2D eigenvalue weighted by atomic mass is 28.3. The molecular formula is C8H14NOSi. The molecule has 3 heteroatoms. The Kier molecular flexibility index (Phi) is 2.69. The predicted molar refractivity (Wildman–Crippen MR) is 45.4 cm³/mol. The zero-order valence-corrected chi connectivity index (χ0v) is 8.18. The number of nitriles is 1. The average Bonchev–Trinajstić information content (AvgIpc) is 2.06. The molecule has 0 saturated carbocycles. The van der Waals surface area contributed by atoms with Crippen molar-refractivity contribution in [3.8, 4) is 6.07 Å². The third kappa shape index (κ3) is 2.05. The normalized spacial score (nSPS) is 21.2. The fourth-order valence-electron chi connectivity index (χ4n) is 1.21. The first-order chi connectivity index (χ1) is 5.17. The van der Waals surface area contributed by atoms with E-state index in [0.717, 1.165) is 12.7 Å². The van der Waals surface area contributed by atoms with Gasteiger partial charge in [-0.25, -0.2) is 0 Å². The van der Waals surface area contributed by atoms with Crippen molar-refractivity contribution in [3.63, 3.8) is 0 Å². The Balaban J connectivity index is 2.52. The second-order valence-electron chi connectivity index (χ2n) is 3.47. The molecule has 1 heterocycles. The first kappa shape index (κ1) is 8.76. The van der Waals surface area contributed by atoms with Crippen molar-refractivity contribution in [1.29, 1.82) is 5.26 Å². The summed E-state index contributed by atoms with van der Waals surface area (Å²) in [6.45, 7) is 4.86. The van der Waals surface area contributed by atoms with E-state index in [-0.39, 0.29) is 5.04 Å². The summed E-state index contributed by atoms with van der Waals surface area (Å²) in [5.74, 6) is 0. The summed E-state index contributed by atoms with van der Waals surface area (Å²) >= 11 is 0. The van der Waals surface area contributed by atoms with Crippen molar-refractivity contribution in [2.45, 2.75) is 37.8 Å². The van der Waals surface area contributed by atoms with Gasteiger partial charge in [-0.2, -0.15) is 5.26 Å². The molecule has 61 valence electrons. The predicted octanol–water partition coefficient (Wildman–Crippen LogP) is 2.09. The van der Waals surface area contributed by atoms with Gasteiger partial charge in [0.05, 0.1) is 11.1 Å². The maximum absolute atomic E-state index is 8.84. The summed E-state index contributed by atoms with van der Waals surface area (Å²) in [6, 6.07) is 3.48. The highest BCUT2D eigenvalue weighted by Crippen LogP contribution is 2.32. The molecule has 0 aliphatic carbocycles. The van der Waals surface area contributed by atoms with Crippen LogP contribution >= 0.6 is 0 Å². The molecule has 0 aromatic heterocycles. The number of hydrogen-bond donors (Lipinski definition) is 0. The average molecular weight is 168 g/mol. The molecule has 1 aliphatic rings. The van der Waals surface area contributed by atoms with Crippen molar-refractivity contribution in [2.75, 3.05) is 6.61 Å². The van der Waals surface area contributed by atoms with Crippen molar-refractivity contribution in [2.24, 2.45) is 0 Å². The molecule has 0 atom stereocenters. The molecule has 1 saturated heterocycles. The molecular weight excluding hydrogens is 154 g/mol. The van der Waals surface area contributed by atoms with Crippen LogP contribution in [-0.2, 0) is 4.43 Å². The molecule has 1 rings (SSSR count). The van der Waals surface area contributed by atoms with E-state index in [0.29, 0.717) is 0 Å². The summed E-state index contributed by atoms with van der Waals surface area (Å²) in [5.41, 5.74) is 0. The van der Waals surface area contributed by atoms with Gasteiger partial charge in [0.1, 0.15) is 0 Å². The molecule has 0 unspecified atom stereocenters. The van der Waals surface area contributed by atoms with Crippen LogP contribution in [0.5, 0.6) is 0 Å². The Morgan fingerprint density at radius 2 is 2.18 bits per heavy atom. The topological polar surface area (TPSA) is 33.0 Å². The van der Waals surface area contributed by atoms with E-state index >= 15 is 0 Å². The van der Waals surface area contributed by atoms with Crippen molar-refractivity contribution in [3.05, 3.63) is 0 Å². The first-order valence-electron chi connectivity index (χ1n) is 4.07. The molecule has 0 aromatic carbocycles. The zero-order valence-electron chi connectivity index (χ0n) is 7.18. The van der Waals surface area contributed by atoms with Gasteiger partial charge in [0, 0.05) is 6.61 Å². The minimum absolute atomic E-state index is 0.203. The maximum atomic E-state index is 8.84. The Labute approximate surface area is 69.9 Å². The Hall–Kier alpha value is -0.333. The third-order valence-corrected chi connectivity index (χ3v) is 4.92. The van der Waals surface area contributed by atoms with Crippen LogP contribution in [0.1, 0.15) is 26.7 Å². The largest absolute Gasteiger partial charge is 0.415 e. The van der Waals surface area contributed by atoms with Crippen LogP contribution in [0.2, 0.25) is 11.1 Å². The van der Waals surface area contributed by atoms with Gasteiger partial charge in [0.2, 0.25) is 9.04 Å². The van der Waals surface area contributed by atoms with Crippen LogP contribution in [0.3, 0.4) is 0 Å². The number of hydrogen-bond acceptors (Lipinski definition) is 2. The molecule has 1 aliphatic heterocycles. The van der Waals surface area contributed by atoms with Crippen LogP contribution in [0, 0.1) is 11.3 Å². The smallest absolute Gasteiger partial charge is 0.231 e. The summed E-state index contributed by atoms with van der Waals surface area (Å²) in [6.07, 6.45) is 2.43. The molecule has 2 nitrogen and oxygen atoms in total. The molecule has 1 fully saturated rings. The van der Waals surface area contributed by atoms with Crippen molar-refractivity contribution >= 4 is 9.04 Å². The van der Waals surface area contributed by atoms with Crippen molar-refractivity contribution < 1.29 is 4.43 Å². The summed E-state index contributed by atoms with van der Waals surface area (Å²) in [5, 5.41) is 8.64. The van der Waals surface area contributed by atoms with E-state index in [2.05, 4.69) is 6.07 Å². The van der Waals surface area contributed by atoms with Gasteiger partial charge in [-0.15, -0.1) is 0 Å². The van der Waals surface area contributed by atoms with Crippen LogP contribution < -0.4 is 0 Å². The minimum atomic E-state index is -0.836. The highest BCUT2D eigenvalue weighted by molar-refractivity contribution is 6.56. The van der Waals surface area contributed by atoms with E-state index in [1.165, 1.54) is 12.8 Å². The summed E-state index contributed by atoms with van der Waals surface area (Å²) < 4.78 is 5.61. The molecule has 0 amide bonds. The van der Waals surface area contributed by atoms with E-state index in [1.807, 2.05) is 13.8 Å². The second kappa shape index (κ2) is 3.38. The number of nitrogens with zero attached hydrogens (tertiary/aromatic N) is 1. The Morgan fingerprint density at radius 3 is 2.64 bits per heavy atom. The third-order valence-electron chi connectivity index (χ3n) is 2.05. The van der Waals surface area contributed by atoms with E-state index in [4.69, 9.17) is 9.69 Å². The monoisotopic (exact) mass is 168 g/mol. The SMILES string of the molecule is CC(C)(C#N)[Si]1CCCCO1. The maximum Gasteiger partial charge on any atom is 0.231 e. The fourth-order valence-corrected chi connectivity index (χ4v) is 3.43. The van der Waals surface area contributed by atoms with E-state index < -0.39 is 9.04 Å². The van der Waals surface area contributed by atoms with Gasteiger partial charge in [-0.3, -0.25) is 0 Å². The van der Waals surface area contributed by atoms with Gasteiger partial charge < -0.3 is 4.43 Å². The molecule has 0 bridgehead atoms. The zero-order chi connectivity index (χ0) is 8.32. The lowest BCUT2D eigenvalue weighted by Crippen LogP contribution is -2.33. The van der Waals surface area contributed by atoms with Crippen LogP contribution in [0.15, 0.2) is 0 Å². The quantitative estimate of drug-likeness (QED) is 0.562. The van der Waals surface area contributed by atoms with Gasteiger partial charge in [-0.05, 0) is 26.3 Å². The lowest BCUT2D eigenvalue weighted by atomic mass is 10.2. The number of rotatable bonds is 1. The van der Waals surface area contributed by atoms with Gasteiger partial charge in [-0.1, -0.05) is 6.42 Å². The van der Waals surface area contributed by atoms with Crippen LogP contribution in [-0.4, -0.2) is 15.6 Å². The lowest BCUT2D eigenvalue weighted by molar-refractivity contribution is 0.275. The minimum Gasteiger partial charge on any atom is -0.415 e. The van der Waals surface area contributed by atoms with Crippen LogP contribution in [0.4, 0.5) is 0 Å². The molecule has 0 spiro atoms. The summed E-state index contributed by atoms with van der Waals surface area (Å²) in [7, 11) is -0.836. The Morgan fingerprint density at radius 1 is 1.45 bits per heavy atom. The fraction of sp³-hybridized carbons (Fsp3) is 0.875. The Bertz CT molecular complexity index is 167. The van der Waals surface area contributed by atoms with Crippen molar-refractivity contribution in [1.82, 2.24) is 0 Å². The van der Waals surface area contributed by atoms with E-state index in [1.54, 1.807) is 0 Å². The standard InChI is InChI=1S/C8H14NOSi/c1-8(2,7-9)11-6-4-3-5-10-11/h3-6H2,1-2H3. The molecule has 0 aromatic rings. The summed E-state index contributed by atoms with van der Waals surface area (Å²) in [4.78, 5) is 0. The molecule has 0 N–H and O–H groups in total. The highest BCUT2D eigenvalue weighted by Gasteiger charge is 2.34. The second-order valence-corrected chi connectivity index (χ2v) is 6.35. The van der Waals surface area contributed by atoms with Gasteiger partial charge in [0.15, 0.2) is 0 Å². The van der Waals surface area contributed by atoms with Crippen LogP contribution in [0.25, 0.3) is 0 Å².